The number of terminal acetylenes is 2. The summed E-state index contributed by atoms with van der Waals surface area (Å²) in [6, 6.07) is 14.8. The van der Waals surface area contributed by atoms with E-state index in [1.54, 1.807) is 0 Å². The first-order valence-corrected chi connectivity index (χ1v) is 5.67. The van der Waals surface area contributed by atoms with Gasteiger partial charge >= 0.3 is 5.71 Å². The fourth-order valence-electron chi connectivity index (χ4n) is 1.74. The van der Waals surface area contributed by atoms with Gasteiger partial charge in [-0.25, -0.2) is 0 Å². The van der Waals surface area contributed by atoms with E-state index in [-0.39, 0.29) is 0 Å². The number of hydrogen-bond donors (Lipinski definition) is 1. The van der Waals surface area contributed by atoms with Crippen LogP contribution in [0.2, 0.25) is 0 Å². The van der Waals surface area contributed by atoms with Gasteiger partial charge in [-0.3, -0.25) is 0 Å². The summed E-state index contributed by atoms with van der Waals surface area (Å²) in [5.41, 5.74) is 11.2. The van der Waals surface area contributed by atoms with Crippen molar-refractivity contribution in [3.63, 3.8) is 0 Å². The van der Waals surface area contributed by atoms with Crippen LogP contribution in [0.4, 0.5) is 0 Å². The van der Waals surface area contributed by atoms with Crippen LogP contribution >= 0.6 is 0 Å². The van der Waals surface area contributed by atoms with Crippen molar-refractivity contribution in [1.82, 2.24) is 0 Å². The number of hydrogen-bond acceptors (Lipinski definition) is 1. The lowest BCUT2D eigenvalue weighted by molar-refractivity contribution is -0.117. The molecule has 0 aliphatic rings. The Labute approximate surface area is 112 Å². The molecule has 0 aliphatic carbocycles. The van der Waals surface area contributed by atoms with E-state index >= 15 is 0 Å². The first-order chi connectivity index (χ1) is 9.28. The Bertz CT molecular complexity index is 657. The van der Waals surface area contributed by atoms with Gasteiger partial charge in [0, 0.05) is 11.1 Å². The molecule has 0 radical (unpaired) electrons. The second kappa shape index (κ2) is 5.52. The predicted molar refractivity (Wildman–Crippen MR) is 74.9 cm³/mol. The summed E-state index contributed by atoms with van der Waals surface area (Å²) in [6.45, 7) is 0. The molecule has 0 bridgehead atoms. The van der Waals surface area contributed by atoms with E-state index < -0.39 is 0 Å². The zero-order valence-electron chi connectivity index (χ0n) is 10.2. The minimum Gasteiger partial charge on any atom is -0.115 e. The third-order valence-electron chi connectivity index (χ3n) is 2.76. The van der Waals surface area contributed by atoms with Gasteiger partial charge in [0.25, 0.3) is 0 Å². The van der Waals surface area contributed by atoms with Gasteiger partial charge in [0.15, 0.2) is 0 Å². The van der Waals surface area contributed by atoms with Crippen LogP contribution in [0.3, 0.4) is 0 Å². The smallest absolute Gasteiger partial charge is 0.115 e. The van der Waals surface area contributed by atoms with E-state index in [2.05, 4.69) is 16.6 Å². The second-order valence-electron chi connectivity index (χ2n) is 3.90. The Hall–Kier alpha value is -3.06. The van der Waals surface area contributed by atoms with Crippen molar-refractivity contribution in [3.05, 3.63) is 70.8 Å². The fraction of sp³-hybridized carbons (Fsp3) is 0. The highest BCUT2D eigenvalue weighted by Gasteiger charge is 2.17. The lowest BCUT2D eigenvalue weighted by atomic mass is 10.0. The van der Waals surface area contributed by atoms with E-state index in [0.29, 0.717) is 5.71 Å². The maximum absolute atomic E-state index is 7.34. The van der Waals surface area contributed by atoms with Crippen LogP contribution in [0.1, 0.15) is 22.3 Å². The molecule has 2 rings (SSSR count). The molecular formula is C17H11N2+. The standard InChI is InChI=1S/C17H11N2/c1-3-13-5-9-15(10-6-13)17(19-18)16-11-7-14(4-2)8-12-16/h1-2,5-12,18H/q+1. The molecule has 0 unspecified atom stereocenters. The fourth-order valence-corrected chi connectivity index (χ4v) is 1.74. The van der Waals surface area contributed by atoms with Crippen molar-refractivity contribution in [2.75, 3.05) is 0 Å². The zero-order chi connectivity index (χ0) is 13.7. The van der Waals surface area contributed by atoms with Gasteiger partial charge in [0.2, 0.25) is 0 Å². The van der Waals surface area contributed by atoms with Gasteiger partial charge in [-0.05, 0) is 48.5 Å². The molecule has 0 saturated carbocycles. The van der Waals surface area contributed by atoms with Crippen molar-refractivity contribution >= 4 is 5.71 Å². The van der Waals surface area contributed by atoms with E-state index in [4.69, 9.17) is 18.4 Å². The van der Waals surface area contributed by atoms with Gasteiger partial charge in [-0.1, -0.05) is 11.8 Å². The van der Waals surface area contributed by atoms with Crippen LogP contribution in [0.5, 0.6) is 0 Å². The summed E-state index contributed by atoms with van der Waals surface area (Å²) in [5, 5.41) is 0. The highest BCUT2D eigenvalue weighted by molar-refractivity contribution is 6.09. The highest BCUT2D eigenvalue weighted by atomic mass is 14.9. The van der Waals surface area contributed by atoms with E-state index in [1.165, 1.54) is 0 Å². The van der Waals surface area contributed by atoms with Crippen molar-refractivity contribution < 1.29 is 4.79 Å². The molecular weight excluding hydrogens is 232 g/mol. The highest BCUT2D eigenvalue weighted by Crippen LogP contribution is 2.11. The number of nitrogens with zero attached hydrogens (tertiary/aromatic N) is 1. The average molecular weight is 243 g/mol. The molecule has 0 saturated heterocycles. The largest absolute Gasteiger partial charge is 0.379 e. The van der Waals surface area contributed by atoms with Crippen LogP contribution < -0.4 is 0 Å². The Morgan fingerprint density at radius 1 is 0.789 bits per heavy atom. The zero-order valence-corrected chi connectivity index (χ0v) is 10.2. The first kappa shape index (κ1) is 12.4. The van der Waals surface area contributed by atoms with Crippen molar-refractivity contribution in [3.8, 4) is 24.7 Å². The normalized spacial score (nSPS) is 8.95. The van der Waals surface area contributed by atoms with Crippen LogP contribution in [0.15, 0.2) is 48.5 Å². The van der Waals surface area contributed by atoms with Crippen LogP contribution in [-0.2, 0) is 0 Å². The topological polar surface area (TPSA) is 38.0 Å². The van der Waals surface area contributed by atoms with Gasteiger partial charge in [0.1, 0.15) is 0 Å². The van der Waals surface area contributed by atoms with Gasteiger partial charge < -0.3 is 0 Å². The molecule has 0 spiro atoms. The van der Waals surface area contributed by atoms with Gasteiger partial charge in [-0.2, -0.15) is 0 Å². The van der Waals surface area contributed by atoms with Crippen molar-refractivity contribution in [2.24, 2.45) is 0 Å². The Morgan fingerprint density at radius 3 is 1.42 bits per heavy atom. The predicted octanol–water partition coefficient (Wildman–Crippen LogP) is 2.73. The minimum absolute atomic E-state index is 0.590. The molecule has 1 N–H and O–H groups in total. The quantitative estimate of drug-likeness (QED) is 0.364. The summed E-state index contributed by atoms with van der Waals surface area (Å²) in [7, 11) is 0. The van der Waals surface area contributed by atoms with Crippen molar-refractivity contribution in [2.45, 2.75) is 0 Å². The molecule has 2 nitrogen and oxygen atoms in total. The minimum atomic E-state index is 0.590. The molecule has 0 atom stereocenters. The summed E-state index contributed by atoms with van der Waals surface area (Å²) in [4.78, 5) is 3.60. The molecule has 0 amide bonds. The molecule has 2 aromatic carbocycles. The summed E-state index contributed by atoms with van der Waals surface area (Å²) >= 11 is 0. The van der Waals surface area contributed by atoms with Gasteiger partial charge in [-0.15, -0.1) is 12.8 Å². The maximum atomic E-state index is 7.34. The van der Waals surface area contributed by atoms with E-state index in [9.17, 15) is 0 Å². The third-order valence-corrected chi connectivity index (χ3v) is 2.76. The molecule has 0 heterocycles. The Kier molecular flexibility index (Phi) is 3.60. The number of benzene rings is 2. The lowest BCUT2D eigenvalue weighted by Gasteiger charge is -1.97. The summed E-state index contributed by atoms with van der Waals surface area (Å²) < 4.78 is 0. The van der Waals surface area contributed by atoms with Crippen molar-refractivity contribution in [1.29, 1.82) is 5.53 Å². The van der Waals surface area contributed by atoms with Gasteiger partial charge in [0.05, 0.1) is 21.4 Å². The van der Waals surface area contributed by atoms with Crippen LogP contribution in [0, 0.1) is 30.2 Å². The Balaban J connectivity index is 2.42. The molecule has 0 aromatic heterocycles. The molecule has 0 aliphatic heterocycles. The lowest BCUT2D eigenvalue weighted by Crippen LogP contribution is -2.04. The van der Waals surface area contributed by atoms with E-state index in [0.717, 1.165) is 22.3 Å². The second-order valence-corrected chi connectivity index (χ2v) is 3.90. The first-order valence-electron chi connectivity index (χ1n) is 5.67. The Morgan fingerprint density at radius 2 is 1.16 bits per heavy atom. The maximum Gasteiger partial charge on any atom is 0.379 e. The average Bonchev–Trinajstić information content (AvgIpc) is 2.49. The third kappa shape index (κ3) is 2.61. The monoisotopic (exact) mass is 243 g/mol. The molecule has 88 valence electrons. The SMILES string of the molecule is C#Cc1ccc(C(=[N+]=N)c2ccc(C#C)cc2)cc1. The number of nitrogens with one attached hydrogen (secondary N) is 1. The molecule has 2 aromatic rings. The van der Waals surface area contributed by atoms with Crippen LogP contribution in [-0.4, -0.2) is 10.5 Å². The summed E-state index contributed by atoms with van der Waals surface area (Å²) in [6.07, 6.45) is 10.6. The molecule has 0 fully saturated rings. The van der Waals surface area contributed by atoms with E-state index in [1.807, 2.05) is 48.5 Å². The van der Waals surface area contributed by atoms with Crippen LogP contribution in [0.25, 0.3) is 0 Å². The molecule has 2 heteroatoms. The molecule has 19 heavy (non-hydrogen) atoms. The summed E-state index contributed by atoms with van der Waals surface area (Å²) in [5.74, 6) is 5.11. The number of rotatable bonds is 2.